The van der Waals surface area contributed by atoms with Crippen molar-refractivity contribution in [2.75, 3.05) is 0 Å². The third-order valence-corrected chi connectivity index (χ3v) is 14.3. The summed E-state index contributed by atoms with van der Waals surface area (Å²) in [5.74, 6) is 0. The Balaban J connectivity index is 0.000000190. The van der Waals surface area contributed by atoms with Gasteiger partial charge in [-0.2, -0.15) is 24.3 Å². The van der Waals surface area contributed by atoms with Crippen molar-refractivity contribution in [3.8, 4) is 44.5 Å². The van der Waals surface area contributed by atoms with Crippen LogP contribution in [0.4, 0.5) is 0 Å². The molecule has 12 aromatic carbocycles. The van der Waals surface area contributed by atoms with E-state index < -0.39 is 0 Å². The van der Waals surface area contributed by atoms with Gasteiger partial charge in [0.15, 0.2) is 0 Å². The van der Waals surface area contributed by atoms with Gasteiger partial charge >= 0.3 is 83.7 Å². The van der Waals surface area contributed by atoms with E-state index in [1.807, 2.05) is 0 Å². The summed E-state index contributed by atoms with van der Waals surface area (Å²) in [5, 5.41) is 10.9. The molecule has 416 valence electrons. The van der Waals surface area contributed by atoms with Crippen molar-refractivity contribution >= 4 is 54.0 Å². The van der Waals surface area contributed by atoms with Gasteiger partial charge in [0.25, 0.3) is 0 Å². The van der Waals surface area contributed by atoms with Crippen LogP contribution in [0.15, 0.2) is 218 Å². The van der Waals surface area contributed by atoms with E-state index in [1.165, 1.54) is 132 Å². The Labute approximate surface area is 534 Å². The maximum absolute atomic E-state index is 2.31. The van der Waals surface area contributed by atoms with E-state index in [4.69, 9.17) is 0 Å². The van der Waals surface area contributed by atoms with Crippen LogP contribution < -0.4 is 24.8 Å². The van der Waals surface area contributed by atoms with E-state index in [-0.39, 0.29) is 35.7 Å². The molecular weight excluding hydrogens is 1220 g/mol. The molecule has 0 amide bonds. The largest absolute Gasteiger partial charge is 1.00 e. The topological polar surface area (TPSA) is 0 Å². The van der Waals surface area contributed by atoms with Crippen LogP contribution in [-0.4, -0.2) is 10.9 Å². The van der Waals surface area contributed by atoms with Crippen LogP contribution in [0.3, 0.4) is 0 Å². The summed E-state index contributed by atoms with van der Waals surface area (Å²) < 4.78 is 0. The smallest absolute Gasteiger partial charge is 1.00 e. The summed E-state index contributed by atoms with van der Waals surface area (Å²) in [6, 6.07) is 79.4. The molecule has 0 N–H and O–H groups in total. The monoisotopic (exact) mass is 1300 g/mol. The molecule has 6 heteroatoms. The zero-order chi connectivity index (χ0) is 57.3. The van der Waals surface area contributed by atoms with Crippen LogP contribution in [0.25, 0.3) is 87.6 Å². The number of rotatable bonds is 8. The SMILES string of the molecule is CCc1ccccc1-c1cccc2[cH-]c(C)cc12.CCc1ccccc1-c1cccc2[cH-]c(C)cc12.CCc1ccccc1-c1cccc2[cH-]c(C)cc12.CCc1ccccc1-c1cccc2[cH-]c(C)cc12.C[Si](C)=[Zr+2].C[Si](C)=[Zr+2].[Cl-].[Cl-]. The zero-order valence-corrected chi connectivity index (χ0v) is 58.8. The van der Waals surface area contributed by atoms with Gasteiger partial charge in [-0.05, 0) is 70.2 Å². The molecule has 0 aliphatic carbocycles. The van der Waals surface area contributed by atoms with Crippen LogP contribution in [-0.2, 0) is 72.4 Å². The molecule has 0 nitrogen and oxygen atoms in total. The Morgan fingerprint density at radius 2 is 0.451 bits per heavy atom. The first kappa shape index (κ1) is 67.8. The second kappa shape index (κ2) is 33.5. The van der Waals surface area contributed by atoms with Gasteiger partial charge in [-0.25, -0.2) is 0 Å². The Kier molecular flexibility index (Phi) is 27.7. The van der Waals surface area contributed by atoms with Crippen LogP contribution in [0, 0.1) is 27.7 Å². The summed E-state index contributed by atoms with van der Waals surface area (Å²) >= 11 is 3.48. The molecule has 0 spiro atoms. The van der Waals surface area contributed by atoms with Gasteiger partial charge in [0.05, 0.1) is 0 Å². The van der Waals surface area contributed by atoms with Crippen molar-refractivity contribution < 1.29 is 71.5 Å². The third-order valence-electron chi connectivity index (χ3n) is 14.3. The van der Waals surface area contributed by atoms with E-state index in [0.717, 1.165) is 25.7 Å². The zero-order valence-electron chi connectivity index (χ0n) is 50.4. The minimum atomic E-state index is 0. The molecular formula is C76H80Cl2Si2Zr2-2. The van der Waals surface area contributed by atoms with Gasteiger partial charge in [-0.1, -0.05) is 199 Å². The third kappa shape index (κ3) is 18.0. The normalized spacial score (nSPS) is 10.3. The number of hydrogen-bond donors (Lipinski definition) is 0. The molecule has 0 unspecified atom stereocenters. The van der Waals surface area contributed by atoms with Gasteiger partial charge in [-0.3, -0.25) is 0 Å². The molecule has 0 fully saturated rings. The van der Waals surface area contributed by atoms with Crippen molar-refractivity contribution in [3.05, 3.63) is 263 Å². The molecule has 0 saturated carbocycles. The minimum Gasteiger partial charge on any atom is -1.00 e. The fraction of sp³-hybridized carbons (Fsp3) is 0.211. The molecule has 0 atom stereocenters. The second-order valence-corrected chi connectivity index (χ2v) is 40.2. The summed E-state index contributed by atoms with van der Waals surface area (Å²) in [7, 11) is 0. The minimum absolute atomic E-state index is 0. The fourth-order valence-electron chi connectivity index (χ4n) is 10.8. The van der Waals surface area contributed by atoms with Crippen LogP contribution in [0.1, 0.15) is 72.2 Å². The van der Waals surface area contributed by atoms with Crippen LogP contribution in [0.5, 0.6) is 0 Å². The quantitative estimate of drug-likeness (QED) is 0.105. The maximum Gasteiger partial charge on any atom is -1.00 e. The van der Waals surface area contributed by atoms with Crippen molar-refractivity contribution in [1.82, 2.24) is 0 Å². The molecule has 0 aliphatic heterocycles. The second-order valence-electron chi connectivity index (χ2n) is 21.4. The van der Waals surface area contributed by atoms with Crippen molar-refractivity contribution in [3.63, 3.8) is 0 Å². The van der Waals surface area contributed by atoms with Crippen molar-refractivity contribution in [2.24, 2.45) is 0 Å². The standard InChI is InChI=1S/4C18H17.2C2H6Si.2ClH.2Zr/c4*1-3-14-7-4-5-9-16(14)17-10-6-8-15-11-13(2)12-18(15)17;2*1-3-2;;;;/h4*4-12H,3H2,1-2H3;2*1-2H3;2*1H;;/q4*-1;;;;;2*+2/p-2. The first-order valence-corrected chi connectivity index (χ1v) is 41.0. The molecule has 0 aromatic heterocycles. The van der Waals surface area contributed by atoms with Gasteiger partial charge in [-0.15, -0.1) is 138 Å². The fourth-order valence-corrected chi connectivity index (χ4v) is 10.8. The maximum atomic E-state index is 2.31. The number of aryl methyl sites for hydroxylation is 8. The van der Waals surface area contributed by atoms with Crippen molar-refractivity contribution in [1.29, 1.82) is 0 Å². The Bertz CT molecular complexity index is 3480. The van der Waals surface area contributed by atoms with Gasteiger partial charge < -0.3 is 24.8 Å². The Morgan fingerprint density at radius 1 is 0.280 bits per heavy atom. The first-order valence-electron chi connectivity index (χ1n) is 28.6. The Hall–Kier alpha value is -5.02. The summed E-state index contributed by atoms with van der Waals surface area (Å²) in [6.07, 6.45) is 4.30. The predicted octanol–water partition coefficient (Wildman–Crippen LogP) is 16.0. The van der Waals surface area contributed by atoms with E-state index >= 15 is 0 Å². The molecule has 0 radical (unpaired) electrons. The number of halogens is 2. The average Bonchev–Trinajstić information content (AvgIpc) is 4.36. The van der Waals surface area contributed by atoms with Gasteiger partial charge in [0, 0.05) is 0 Å². The summed E-state index contributed by atoms with van der Waals surface area (Å²) in [6.45, 7) is 26.8. The molecule has 12 aromatic rings. The first-order chi connectivity index (χ1) is 38.6. The van der Waals surface area contributed by atoms with E-state index in [2.05, 4.69) is 300 Å². The Morgan fingerprint density at radius 3 is 0.634 bits per heavy atom. The molecule has 0 aliphatic rings. The number of hydrogen-bond acceptors (Lipinski definition) is 0. The molecule has 12 rings (SSSR count). The van der Waals surface area contributed by atoms with E-state index in [1.54, 1.807) is 46.7 Å². The molecule has 0 saturated heterocycles. The number of benzene rings is 8. The molecule has 0 heterocycles. The average molecular weight is 1300 g/mol. The number of fused-ring (bicyclic) bond motifs is 4. The predicted molar refractivity (Wildman–Crippen MR) is 351 cm³/mol. The van der Waals surface area contributed by atoms with Crippen LogP contribution in [0.2, 0.25) is 26.2 Å². The van der Waals surface area contributed by atoms with Crippen molar-refractivity contribution in [2.45, 2.75) is 107 Å². The summed E-state index contributed by atoms with van der Waals surface area (Å²) in [5.41, 5.74) is 22.4. The van der Waals surface area contributed by atoms with E-state index in [9.17, 15) is 0 Å². The summed E-state index contributed by atoms with van der Waals surface area (Å²) in [4.78, 5) is 0. The van der Waals surface area contributed by atoms with E-state index in [0.29, 0.717) is 0 Å². The van der Waals surface area contributed by atoms with Gasteiger partial charge in [0.2, 0.25) is 0 Å². The van der Waals surface area contributed by atoms with Gasteiger partial charge in [0.1, 0.15) is 0 Å². The van der Waals surface area contributed by atoms with Crippen LogP contribution >= 0.6 is 0 Å². The molecule has 82 heavy (non-hydrogen) atoms. The molecule has 0 bridgehead atoms.